The van der Waals surface area contributed by atoms with Crippen molar-refractivity contribution in [2.45, 2.75) is 311 Å². The third-order valence-corrected chi connectivity index (χ3v) is 25.5. The minimum atomic E-state index is -0.586. The lowest BCUT2D eigenvalue weighted by molar-refractivity contribution is -0.120. The topological polar surface area (TPSA) is 284 Å². The van der Waals surface area contributed by atoms with Crippen molar-refractivity contribution in [3.63, 3.8) is 0 Å². The number of hydrogen-bond donors (Lipinski definition) is 5. The zero-order chi connectivity index (χ0) is 90.5. The molecule has 6 fully saturated rings. The lowest BCUT2D eigenvalue weighted by Gasteiger charge is -2.35. The molecule has 3 aliphatic carbocycles. The van der Waals surface area contributed by atoms with Crippen LogP contribution in [0.15, 0.2) is 110 Å². The highest BCUT2D eigenvalue weighted by atomic mass is 16.6. The van der Waals surface area contributed by atoms with Gasteiger partial charge in [-0.2, -0.15) is 15.0 Å². The summed E-state index contributed by atoms with van der Waals surface area (Å²) in [7, 11) is 0. The maximum Gasteiger partial charge on any atom is 0.410 e. The van der Waals surface area contributed by atoms with Crippen LogP contribution in [0.2, 0.25) is 0 Å². The average Bonchev–Trinajstić information content (AvgIpc) is 1.63. The number of fused-ring (bicyclic) bond motifs is 3. The highest BCUT2D eigenvalue weighted by molar-refractivity contribution is 5.96. The van der Waals surface area contributed by atoms with Gasteiger partial charge in [0.25, 0.3) is 0 Å². The van der Waals surface area contributed by atoms with Crippen LogP contribution in [-0.2, 0) is 38.6 Å². The van der Waals surface area contributed by atoms with E-state index in [1.807, 2.05) is 87.8 Å². The lowest BCUT2D eigenvalue weighted by Crippen LogP contribution is -2.49. The molecular weight excluding hydrogens is 1600 g/mol. The molecule has 0 bridgehead atoms. The number of nitrogens with one attached hydrogen (secondary N) is 3. The highest BCUT2D eigenvalue weighted by Crippen LogP contribution is 2.43. The summed E-state index contributed by atoms with van der Waals surface area (Å²) in [5, 5.41) is 34.3. The van der Waals surface area contributed by atoms with Crippen LogP contribution in [0.25, 0.3) is 66.5 Å². The SMILES string of the molecule is CCC[C@H](C)Nc1ncc2c(-c3ccc(CN4CCN(C(=O)OC(C)(C)C)CC4)cc3)cn(C3CCC(=O)CC3)c2n1.CCC[C@H](C)Nc1ncc2c(-c3ccc(CN4CCN(C(=O)OC(C)(C)C)CC4)cc3)cn(C3CCC(C)(O)CC3)c2n1.CCC[C@H](C)Nc1ncc2c(-c3ccc(CN4CCN(C(=O)OC(C)(C)C)CC4)cc3)cn(C3CCC(O)CC3)c2n1. The van der Waals surface area contributed by atoms with Crippen molar-refractivity contribution >= 4 is 75.0 Å². The molecule has 27 heteroatoms. The fourth-order valence-corrected chi connectivity index (χ4v) is 18.4. The van der Waals surface area contributed by atoms with E-state index in [0.717, 1.165) is 228 Å². The van der Waals surface area contributed by atoms with Crippen LogP contribution < -0.4 is 16.0 Å². The molecule has 15 rings (SSSR count). The second kappa shape index (κ2) is 42.2. The summed E-state index contributed by atoms with van der Waals surface area (Å²) in [5.41, 5.74) is 11.4. The Kier molecular flexibility index (Phi) is 31.5. The number of aliphatic hydroxyl groups is 2. The van der Waals surface area contributed by atoms with E-state index < -0.39 is 22.4 Å². The molecule has 688 valence electrons. The fourth-order valence-electron chi connectivity index (χ4n) is 18.4. The maximum absolute atomic E-state index is 12.4. The van der Waals surface area contributed by atoms with Crippen molar-refractivity contribution in [2.24, 2.45) is 0 Å². The van der Waals surface area contributed by atoms with Crippen molar-refractivity contribution in [1.29, 1.82) is 0 Å². The molecule has 127 heavy (non-hydrogen) atoms. The summed E-state index contributed by atoms with van der Waals surface area (Å²) in [5.74, 6) is 2.36. The van der Waals surface area contributed by atoms with Gasteiger partial charge in [0, 0.05) is 217 Å². The molecule has 9 aromatic rings. The number of amides is 3. The number of aliphatic hydroxyl groups excluding tert-OH is 1. The van der Waals surface area contributed by atoms with Gasteiger partial charge in [-0.25, -0.2) is 29.3 Å². The van der Waals surface area contributed by atoms with Crippen LogP contribution in [0, 0.1) is 0 Å². The number of carbonyl (C=O) groups excluding carboxylic acids is 4. The van der Waals surface area contributed by atoms with Gasteiger partial charge in [0.2, 0.25) is 17.8 Å². The third kappa shape index (κ3) is 26.0. The van der Waals surface area contributed by atoms with E-state index in [1.165, 1.54) is 16.7 Å². The van der Waals surface area contributed by atoms with E-state index in [9.17, 15) is 29.4 Å². The third-order valence-electron chi connectivity index (χ3n) is 25.5. The largest absolute Gasteiger partial charge is 0.444 e. The zero-order valence-electron chi connectivity index (χ0n) is 78.7. The summed E-state index contributed by atoms with van der Waals surface area (Å²) >= 11 is 0. The molecule has 3 atom stereocenters. The molecule has 5 N–H and O–H groups in total. The van der Waals surface area contributed by atoms with Crippen molar-refractivity contribution in [3.05, 3.63) is 127 Å². The van der Waals surface area contributed by atoms with Crippen molar-refractivity contribution in [1.82, 2.24) is 73.0 Å². The van der Waals surface area contributed by atoms with E-state index in [1.54, 1.807) is 14.7 Å². The Hall–Kier alpha value is -9.80. The molecule has 0 unspecified atom stereocenters. The standard InChI is InChI=1S/C34H50N6O3.C33H48N6O3.C33H46N6O3/c1-7-8-24(2)36-31-35-21-28-29(23-40(30(28)37-31)27-13-15-34(6,42)16-14-27)26-11-9-25(10-12-26)22-38-17-19-39(20-18-38)32(41)43-33(3,4)5;2*1-6-7-23(2)35-31-34-20-28-29(22-39(30(28)36-31)26-12-14-27(40)15-13-26)25-10-8-24(9-11-25)21-37-16-18-38(19-17-37)32(41)42-33(3,4)5/h9-12,21,23-24,27,42H,7-8,13-20,22H2,1-6H3,(H,35,36,37);8-11,20,22-23,26-27,40H,6-7,12-19,21H2,1-5H3,(H,34,35,36);8-11,20,22-23,26H,6-7,12-19,21H2,1-5H3,(H,34,35,36)/t24-,27?,34?;23-,26?,27?;23-/m000/s1. The van der Waals surface area contributed by atoms with Crippen LogP contribution in [-0.4, -0.2) is 232 Å². The maximum atomic E-state index is 12.4. The van der Waals surface area contributed by atoms with Crippen molar-refractivity contribution in [2.75, 3.05) is 94.5 Å². The molecule has 3 saturated heterocycles. The van der Waals surface area contributed by atoms with E-state index in [2.05, 4.69) is 182 Å². The van der Waals surface area contributed by atoms with Gasteiger partial charge in [-0.15, -0.1) is 0 Å². The van der Waals surface area contributed by atoms with Crippen molar-refractivity contribution in [3.8, 4) is 33.4 Å². The number of rotatable bonds is 24. The van der Waals surface area contributed by atoms with Gasteiger partial charge in [-0.3, -0.25) is 19.5 Å². The summed E-state index contributed by atoms with van der Waals surface area (Å²) in [6.07, 6.45) is 28.1. The smallest absolute Gasteiger partial charge is 0.410 e. The van der Waals surface area contributed by atoms with Crippen LogP contribution in [0.3, 0.4) is 0 Å². The number of Topliss-reactive ketones (excluding diaryl/α,β-unsaturated/α-hetero) is 1. The highest BCUT2D eigenvalue weighted by Gasteiger charge is 2.35. The molecule has 3 aromatic carbocycles. The Labute approximate surface area is 752 Å². The first-order valence-electron chi connectivity index (χ1n) is 47.3. The van der Waals surface area contributed by atoms with Gasteiger partial charge in [0.1, 0.15) is 39.5 Å². The number of piperazine rings is 3. The number of anilines is 3. The van der Waals surface area contributed by atoms with Gasteiger partial charge >= 0.3 is 18.3 Å². The Morgan fingerprint density at radius 2 is 0.701 bits per heavy atom. The molecule has 6 aromatic heterocycles. The van der Waals surface area contributed by atoms with E-state index in [-0.39, 0.29) is 30.4 Å². The van der Waals surface area contributed by atoms with Gasteiger partial charge in [-0.1, -0.05) is 113 Å². The first kappa shape index (κ1) is 94.8. The summed E-state index contributed by atoms with van der Waals surface area (Å²) < 4.78 is 23.6. The molecule has 0 radical (unpaired) electrons. The zero-order valence-corrected chi connectivity index (χ0v) is 78.7. The van der Waals surface area contributed by atoms with Gasteiger partial charge in [-0.05, 0) is 207 Å². The Morgan fingerprint density at radius 3 is 0.976 bits per heavy atom. The molecule has 9 heterocycles. The van der Waals surface area contributed by atoms with Crippen LogP contribution in [0.1, 0.15) is 261 Å². The van der Waals surface area contributed by atoms with Gasteiger partial charge in [0.05, 0.1) is 11.7 Å². The molecule has 3 amide bonds. The van der Waals surface area contributed by atoms with Crippen LogP contribution in [0.4, 0.5) is 32.2 Å². The number of ether oxygens (including phenoxy) is 3. The molecule has 3 aliphatic heterocycles. The van der Waals surface area contributed by atoms with E-state index >= 15 is 0 Å². The molecule has 0 spiro atoms. The Bertz CT molecular complexity index is 5090. The molecule has 3 saturated carbocycles. The Balaban J connectivity index is 0.000000163. The normalized spacial score (nSPS) is 20.5. The van der Waals surface area contributed by atoms with Gasteiger partial charge in [0.15, 0.2) is 0 Å². The number of carbonyl (C=O) groups is 4. The van der Waals surface area contributed by atoms with E-state index in [4.69, 9.17) is 39.1 Å². The van der Waals surface area contributed by atoms with Gasteiger partial charge < -0.3 is 68.8 Å². The second-order valence-electron chi connectivity index (χ2n) is 39.9. The fraction of sp³-hybridized carbons (Fsp3) is 0.600. The number of aromatic nitrogens is 9. The van der Waals surface area contributed by atoms with Crippen LogP contribution in [0.5, 0.6) is 0 Å². The molecule has 27 nitrogen and oxygen atoms in total. The molecular formula is C100H144N18O9. The monoisotopic (exact) mass is 1740 g/mol. The summed E-state index contributed by atoms with van der Waals surface area (Å²) in [6, 6.07) is 28.2. The minimum Gasteiger partial charge on any atom is -0.444 e. The van der Waals surface area contributed by atoms with Crippen LogP contribution >= 0.6 is 0 Å². The first-order chi connectivity index (χ1) is 60.6. The number of ketones is 1. The lowest BCUT2D eigenvalue weighted by atomic mass is 9.83. The average molecular weight is 1740 g/mol. The predicted molar refractivity (Wildman–Crippen MR) is 506 cm³/mol. The first-order valence-corrected chi connectivity index (χ1v) is 47.3. The van der Waals surface area contributed by atoms with Crippen molar-refractivity contribution < 1.29 is 43.6 Å². The number of nitrogens with zero attached hydrogens (tertiary/aromatic N) is 15. The predicted octanol–water partition coefficient (Wildman–Crippen LogP) is 19.3. The Morgan fingerprint density at radius 1 is 0.425 bits per heavy atom. The quantitative estimate of drug-likeness (QED) is 0.0351. The summed E-state index contributed by atoms with van der Waals surface area (Å²) in [4.78, 5) is 90.9. The van der Waals surface area contributed by atoms with E-state index in [0.29, 0.717) is 106 Å². The number of benzene rings is 3. The number of hydrogen-bond acceptors (Lipinski definition) is 21. The second-order valence-corrected chi connectivity index (χ2v) is 39.9. The minimum absolute atomic E-state index is 0.197. The molecule has 6 aliphatic rings. The summed E-state index contributed by atoms with van der Waals surface area (Å²) in [6.45, 7) is 43.7.